The molecular weight excluding hydrogens is 495 g/mol. The summed E-state index contributed by atoms with van der Waals surface area (Å²) in [4.78, 5) is 22.7. The van der Waals surface area contributed by atoms with E-state index in [1.807, 2.05) is 6.07 Å². The maximum atomic E-state index is 13.9. The van der Waals surface area contributed by atoms with Crippen molar-refractivity contribution in [1.82, 2.24) is 14.5 Å². The summed E-state index contributed by atoms with van der Waals surface area (Å²) in [5.41, 5.74) is 5.51. The van der Waals surface area contributed by atoms with E-state index < -0.39 is 5.97 Å². The van der Waals surface area contributed by atoms with Gasteiger partial charge < -0.3 is 19.6 Å². The van der Waals surface area contributed by atoms with E-state index in [2.05, 4.69) is 21.3 Å². The van der Waals surface area contributed by atoms with Crippen LogP contribution in [0.25, 0.3) is 16.7 Å². The number of nitrogens with zero attached hydrogens (tertiary/aromatic N) is 4. The Balaban J connectivity index is 1.46. The highest BCUT2D eigenvalue weighted by Gasteiger charge is 2.34. The summed E-state index contributed by atoms with van der Waals surface area (Å²) in [5, 5.41) is 11.1. The Morgan fingerprint density at radius 2 is 1.74 bits per heavy atom. The van der Waals surface area contributed by atoms with Crippen LogP contribution in [0, 0.1) is 5.82 Å². The van der Waals surface area contributed by atoms with E-state index in [9.17, 15) is 14.3 Å². The fourth-order valence-corrected chi connectivity index (χ4v) is 6.87. The van der Waals surface area contributed by atoms with Crippen LogP contribution in [0.5, 0.6) is 0 Å². The molecule has 1 saturated carbocycles. The van der Waals surface area contributed by atoms with Gasteiger partial charge in [-0.3, -0.25) is 4.57 Å². The van der Waals surface area contributed by atoms with Crippen molar-refractivity contribution in [3.05, 3.63) is 53.1 Å². The van der Waals surface area contributed by atoms with E-state index in [1.54, 1.807) is 12.1 Å². The maximum Gasteiger partial charge on any atom is 0.356 e. The normalized spacial score (nSPS) is 19.9. The van der Waals surface area contributed by atoms with Crippen LogP contribution in [0.2, 0.25) is 0 Å². The standard InChI is InChI=1S/C31H39FN4O3/c1-3-26-28(20-5-4-6-20)29-27(35-15-11-22(12-16-35)34-17-13-24(37)14-18-34)19-25(31(38)39-2)33-30(29)36(26)23-9-7-21(32)8-10-23/h7-10,19-20,22,24,37H,3-6,11-18H2,1-2H3. The molecule has 1 aromatic carbocycles. The zero-order valence-electron chi connectivity index (χ0n) is 23.0. The van der Waals surface area contributed by atoms with Gasteiger partial charge in [0.2, 0.25) is 0 Å². The average Bonchev–Trinajstić information content (AvgIpc) is 3.26. The lowest BCUT2D eigenvalue weighted by atomic mass is 9.78. The first-order valence-electron chi connectivity index (χ1n) is 14.6. The van der Waals surface area contributed by atoms with Gasteiger partial charge in [-0.15, -0.1) is 0 Å². The van der Waals surface area contributed by atoms with E-state index in [0.29, 0.717) is 17.7 Å². The Hall–Kier alpha value is -2.97. The Labute approximate surface area is 229 Å². The predicted molar refractivity (Wildman–Crippen MR) is 150 cm³/mol. The molecule has 1 aliphatic carbocycles. The van der Waals surface area contributed by atoms with Crippen molar-refractivity contribution in [3.63, 3.8) is 0 Å². The molecule has 6 rings (SSSR count). The summed E-state index contributed by atoms with van der Waals surface area (Å²) in [7, 11) is 1.39. The number of likely N-dealkylation sites (tertiary alicyclic amines) is 1. The number of piperidine rings is 2. The monoisotopic (exact) mass is 534 g/mol. The van der Waals surface area contributed by atoms with Crippen LogP contribution in [0.15, 0.2) is 30.3 Å². The first kappa shape index (κ1) is 26.3. The smallest absolute Gasteiger partial charge is 0.356 e. The van der Waals surface area contributed by atoms with Crippen LogP contribution in [-0.4, -0.2) is 71.0 Å². The molecule has 0 amide bonds. The van der Waals surface area contributed by atoms with Crippen LogP contribution in [0.3, 0.4) is 0 Å². The Morgan fingerprint density at radius 3 is 2.33 bits per heavy atom. The molecule has 3 fully saturated rings. The molecule has 2 saturated heterocycles. The molecule has 4 heterocycles. The Kier molecular flexibility index (Phi) is 7.33. The molecule has 3 aliphatic rings. The fraction of sp³-hybridized carbons (Fsp3) is 0.548. The van der Waals surface area contributed by atoms with Crippen LogP contribution >= 0.6 is 0 Å². The summed E-state index contributed by atoms with van der Waals surface area (Å²) in [6.07, 6.45) is 7.98. The second-order valence-corrected chi connectivity index (χ2v) is 11.4. The molecule has 0 bridgehead atoms. The lowest BCUT2D eigenvalue weighted by Gasteiger charge is -2.42. The van der Waals surface area contributed by atoms with Gasteiger partial charge in [-0.1, -0.05) is 13.3 Å². The minimum atomic E-state index is -0.449. The van der Waals surface area contributed by atoms with Crippen molar-refractivity contribution in [3.8, 4) is 5.69 Å². The van der Waals surface area contributed by atoms with Crippen LogP contribution in [0.4, 0.5) is 10.1 Å². The van der Waals surface area contributed by atoms with Gasteiger partial charge in [-0.25, -0.2) is 14.2 Å². The first-order valence-corrected chi connectivity index (χ1v) is 14.6. The number of aromatic nitrogens is 2. The molecule has 1 N–H and O–H groups in total. The Morgan fingerprint density at radius 1 is 1.05 bits per heavy atom. The summed E-state index contributed by atoms with van der Waals surface area (Å²) in [6, 6.07) is 9.02. The second-order valence-electron chi connectivity index (χ2n) is 11.4. The molecule has 0 radical (unpaired) electrons. The number of pyridine rings is 1. The van der Waals surface area contributed by atoms with Gasteiger partial charge in [0.1, 0.15) is 11.5 Å². The number of aliphatic hydroxyl groups is 1. The summed E-state index contributed by atoms with van der Waals surface area (Å²) in [5.74, 6) is -0.261. The summed E-state index contributed by atoms with van der Waals surface area (Å²) >= 11 is 0. The molecule has 2 aromatic heterocycles. The van der Waals surface area contributed by atoms with Gasteiger partial charge >= 0.3 is 5.97 Å². The minimum Gasteiger partial charge on any atom is -0.464 e. The minimum absolute atomic E-state index is 0.161. The lowest BCUT2D eigenvalue weighted by Crippen LogP contribution is -2.48. The van der Waals surface area contributed by atoms with Gasteiger partial charge in [0.15, 0.2) is 5.69 Å². The van der Waals surface area contributed by atoms with E-state index in [-0.39, 0.29) is 11.9 Å². The molecular formula is C31H39FN4O3. The second kappa shape index (κ2) is 10.9. The molecule has 0 atom stereocenters. The van der Waals surface area contributed by atoms with Crippen molar-refractivity contribution in [1.29, 1.82) is 0 Å². The van der Waals surface area contributed by atoms with Crippen molar-refractivity contribution >= 4 is 22.7 Å². The van der Waals surface area contributed by atoms with Crippen LogP contribution < -0.4 is 4.90 Å². The third kappa shape index (κ3) is 4.82. The molecule has 7 nitrogen and oxygen atoms in total. The van der Waals surface area contributed by atoms with E-state index in [0.717, 1.165) is 93.5 Å². The molecule has 39 heavy (non-hydrogen) atoms. The van der Waals surface area contributed by atoms with Crippen molar-refractivity contribution < 1.29 is 19.0 Å². The number of methoxy groups -OCH3 is 1. The SMILES string of the molecule is CCc1c(C2CCC2)c2c(N3CCC(N4CCC(O)CC4)CC3)cc(C(=O)OC)nc2n1-c1ccc(F)cc1. The quantitative estimate of drug-likeness (QED) is 0.438. The van der Waals surface area contributed by atoms with Crippen LogP contribution in [-0.2, 0) is 11.2 Å². The average molecular weight is 535 g/mol. The number of halogens is 1. The number of carbonyl (C=O) groups excluding carboxylic acids is 1. The van der Waals surface area contributed by atoms with Gasteiger partial charge in [0.05, 0.1) is 18.9 Å². The molecule has 8 heteroatoms. The molecule has 208 valence electrons. The van der Waals surface area contributed by atoms with Crippen molar-refractivity contribution in [2.45, 2.75) is 76.4 Å². The van der Waals surface area contributed by atoms with Crippen molar-refractivity contribution in [2.24, 2.45) is 0 Å². The molecule has 0 unspecified atom stereocenters. The highest BCUT2D eigenvalue weighted by molar-refractivity contribution is 6.01. The van der Waals surface area contributed by atoms with E-state index in [1.165, 1.54) is 36.9 Å². The largest absolute Gasteiger partial charge is 0.464 e. The number of rotatable bonds is 6. The zero-order chi connectivity index (χ0) is 27.1. The number of esters is 1. The molecule has 0 spiro atoms. The molecule has 3 aromatic rings. The zero-order valence-corrected chi connectivity index (χ0v) is 23.0. The number of hydrogen-bond acceptors (Lipinski definition) is 6. The highest BCUT2D eigenvalue weighted by Crippen LogP contribution is 2.47. The lowest BCUT2D eigenvalue weighted by molar-refractivity contribution is 0.0541. The third-order valence-electron chi connectivity index (χ3n) is 9.19. The number of hydrogen-bond donors (Lipinski definition) is 1. The Bertz CT molecular complexity index is 1330. The van der Waals surface area contributed by atoms with Gasteiger partial charge in [-0.05, 0) is 86.8 Å². The summed E-state index contributed by atoms with van der Waals surface area (Å²) in [6.45, 7) is 5.89. The number of benzene rings is 1. The van der Waals surface area contributed by atoms with Gasteiger partial charge in [0, 0.05) is 49.0 Å². The number of aliphatic hydroxyl groups excluding tert-OH is 1. The van der Waals surface area contributed by atoms with Crippen LogP contribution in [0.1, 0.15) is 79.5 Å². The molecule has 2 aliphatic heterocycles. The third-order valence-corrected chi connectivity index (χ3v) is 9.19. The topological polar surface area (TPSA) is 70.8 Å². The summed E-state index contributed by atoms with van der Waals surface area (Å²) < 4.78 is 21.2. The van der Waals surface area contributed by atoms with E-state index in [4.69, 9.17) is 9.72 Å². The number of carbonyl (C=O) groups is 1. The van der Waals surface area contributed by atoms with Gasteiger partial charge in [-0.2, -0.15) is 0 Å². The highest BCUT2D eigenvalue weighted by atomic mass is 19.1. The number of fused-ring (bicyclic) bond motifs is 1. The predicted octanol–water partition coefficient (Wildman–Crippen LogP) is 5.21. The maximum absolute atomic E-state index is 13.9. The van der Waals surface area contributed by atoms with E-state index >= 15 is 0 Å². The van der Waals surface area contributed by atoms with Gasteiger partial charge in [0.25, 0.3) is 0 Å². The number of ether oxygens (including phenoxy) is 1. The first-order chi connectivity index (χ1) is 19.0. The van der Waals surface area contributed by atoms with Crippen molar-refractivity contribution in [2.75, 3.05) is 38.2 Å². The fourth-order valence-electron chi connectivity index (χ4n) is 6.87. The number of anilines is 1.